The van der Waals surface area contributed by atoms with Crippen LogP contribution in [-0.2, 0) is 0 Å². The van der Waals surface area contributed by atoms with E-state index < -0.39 is 0 Å². The van der Waals surface area contributed by atoms with Crippen molar-refractivity contribution in [2.45, 2.75) is 25.3 Å². The van der Waals surface area contributed by atoms with Crippen molar-refractivity contribution < 1.29 is 9.90 Å². The third-order valence-electron chi connectivity index (χ3n) is 3.97. The first kappa shape index (κ1) is 15.0. The summed E-state index contributed by atoms with van der Waals surface area (Å²) in [5.41, 5.74) is 1.34. The van der Waals surface area contributed by atoms with Crippen LogP contribution in [0.5, 0.6) is 0 Å². The lowest BCUT2D eigenvalue weighted by atomic mass is 10.1. The van der Waals surface area contributed by atoms with Crippen LogP contribution in [0.2, 0.25) is 0 Å². The molecule has 1 aliphatic rings. The molecule has 1 unspecified atom stereocenters. The molecule has 0 bridgehead atoms. The van der Waals surface area contributed by atoms with Crippen molar-refractivity contribution in [2.75, 3.05) is 6.61 Å². The summed E-state index contributed by atoms with van der Waals surface area (Å²) in [4.78, 5) is 15.5. The molecule has 6 heteroatoms. The zero-order valence-corrected chi connectivity index (χ0v) is 13.0. The van der Waals surface area contributed by atoms with Crippen LogP contribution in [0, 0.1) is 10.7 Å². The van der Waals surface area contributed by atoms with Crippen molar-refractivity contribution in [3.63, 3.8) is 0 Å². The van der Waals surface area contributed by atoms with Crippen molar-refractivity contribution in [1.29, 1.82) is 0 Å². The number of carbonyl (C=O) groups is 1. The SMILES string of the molecule is O=C(NC(CCO)C1CC1)c1c[nH]c(=S)n1-c1ccccc1. The van der Waals surface area contributed by atoms with Crippen molar-refractivity contribution >= 4 is 18.1 Å². The van der Waals surface area contributed by atoms with Crippen molar-refractivity contribution in [3.8, 4) is 5.69 Å². The number of carbonyl (C=O) groups excluding carboxylic acids is 1. The number of aliphatic hydroxyl groups excluding tert-OH is 1. The van der Waals surface area contributed by atoms with Crippen molar-refractivity contribution in [3.05, 3.63) is 47.0 Å². The third kappa shape index (κ3) is 3.13. The Morgan fingerprint density at radius 1 is 1.41 bits per heavy atom. The summed E-state index contributed by atoms with van der Waals surface area (Å²) < 4.78 is 2.22. The molecule has 22 heavy (non-hydrogen) atoms. The van der Waals surface area contributed by atoms with Gasteiger partial charge in [0.1, 0.15) is 5.69 Å². The van der Waals surface area contributed by atoms with E-state index in [0.717, 1.165) is 18.5 Å². The van der Waals surface area contributed by atoms with E-state index in [1.807, 2.05) is 30.3 Å². The Kier molecular flexibility index (Phi) is 4.40. The standard InChI is InChI=1S/C16H19N3O2S/c20-9-8-13(11-6-7-11)18-15(21)14-10-17-16(22)19(14)12-4-2-1-3-5-12/h1-5,10-11,13,20H,6-9H2,(H,17,22)(H,18,21). The van der Waals surface area contributed by atoms with Crippen LogP contribution < -0.4 is 5.32 Å². The molecule has 1 aromatic carbocycles. The predicted molar refractivity (Wildman–Crippen MR) is 86.6 cm³/mol. The highest BCUT2D eigenvalue weighted by atomic mass is 32.1. The Morgan fingerprint density at radius 2 is 2.14 bits per heavy atom. The van der Waals surface area contributed by atoms with Crippen LogP contribution in [-0.4, -0.2) is 33.2 Å². The molecule has 1 aliphatic carbocycles. The number of hydrogen-bond donors (Lipinski definition) is 3. The lowest BCUT2D eigenvalue weighted by molar-refractivity contribution is 0.0917. The van der Waals surface area contributed by atoms with E-state index in [2.05, 4.69) is 10.3 Å². The van der Waals surface area contributed by atoms with Gasteiger partial charge < -0.3 is 15.4 Å². The summed E-state index contributed by atoms with van der Waals surface area (Å²) in [6.07, 6.45) is 4.45. The van der Waals surface area contributed by atoms with Gasteiger partial charge in [-0.2, -0.15) is 0 Å². The number of aliphatic hydroxyl groups is 1. The number of aromatic amines is 1. The van der Waals surface area contributed by atoms with Crippen LogP contribution in [0.3, 0.4) is 0 Å². The largest absolute Gasteiger partial charge is 0.396 e. The molecule has 3 rings (SSSR count). The molecule has 1 fully saturated rings. The topological polar surface area (TPSA) is 70.1 Å². The second-order valence-electron chi connectivity index (χ2n) is 5.58. The van der Waals surface area contributed by atoms with E-state index in [1.165, 1.54) is 0 Å². The third-order valence-corrected chi connectivity index (χ3v) is 4.27. The molecule has 0 radical (unpaired) electrons. The molecular weight excluding hydrogens is 298 g/mol. The summed E-state index contributed by atoms with van der Waals surface area (Å²) >= 11 is 5.29. The van der Waals surface area contributed by atoms with Crippen LogP contribution in [0.25, 0.3) is 5.69 Å². The number of rotatable bonds is 6. The maximum Gasteiger partial charge on any atom is 0.270 e. The number of nitrogens with zero attached hydrogens (tertiary/aromatic N) is 1. The number of hydrogen-bond acceptors (Lipinski definition) is 3. The minimum absolute atomic E-state index is 0.0326. The Balaban J connectivity index is 1.86. The Bertz CT molecular complexity index is 704. The Morgan fingerprint density at radius 3 is 2.77 bits per heavy atom. The Labute approximate surface area is 134 Å². The zero-order valence-electron chi connectivity index (χ0n) is 12.2. The Hall–Kier alpha value is -1.92. The minimum Gasteiger partial charge on any atom is -0.396 e. The molecule has 2 aromatic rings. The van der Waals surface area contributed by atoms with Gasteiger partial charge in [0.25, 0.3) is 5.91 Å². The molecule has 1 heterocycles. The van der Waals surface area contributed by atoms with Gasteiger partial charge in [0.05, 0.1) is 0 Å². The van der Waals surface area contributed by atoms with E-state index in [0.29, 0.717) is 22.8 Å². The summed E-state index contributed by atoms with van der Waals surface area (Å²) in [6.45, 7) is 0.0829. The number of benzene rings is 1. The highest BCUT2D eigenvalue weighted by Gasteiger charge is 2.32. The van der Waals surface area contributed by atoms with Gasteiger partial charge >= 0.3 is 0 Å². The first-order valence-corrected chi connectivity index (χ1v) is 7.89. The van der Waals surface area contributed by atoms with E-state index in [9.17, 15) is 4.79 Å². The van der Waals surface area contributed by atoms with Crippen LogP contribution in [0.4, 0.5) is 0 Å². The second-order valence-corrected chi connectivity index (χ2v) is 5.97. The van der Waals surface area contributed by atoms with Gasteiger partial charge in [0.2, 0.25) is 0 Å². The predicted octanol–water partition coefficient (Wildman–Crippen LogP) is 2.43. The van der Waals surface area contributed by atoms with E-state index in [-0.39, 0.29) is 18.6 Å². The maximum absolute atomic E-state index is 12.6. The zero-order chi connectivity index (χ0) is 15.5. The fraction of sp³-hybridized carbons (Fsp3) is 0.375. The summed E-state index contributed by atoms with van der Waals surface area (Å²) in [5, 5.41) is 12.2. The molecule has 5 nitrogen and oxygen atoms in total. The normalized spacial score (nSPS) is 15.5. The van der Waals surface area contributed by atoms with E-state index >= 15 is 0 Å². The molecule has 0 spiro atoms. The van der Waals surface area contributed by atoms with E-state index in [1.54, 1.807) is 10.8 Å². The molecule has 1 aromatic heterocycles. The maximum atomic E-state index is 12.6. The number of aromatic nitrogens is 2. The van der Waals surface area contributed by atoms with Crippen molar-refractivity contribution in [2.24, 2.45) is 5.92 Å². The van der Waals surface area contributed by atoms with Crippen LogP contribution >= 0.6 is 12.2 Å². The minimum atomic E-state index is -0.165. The number of amides is 1. The molecule has 3 N–H and O–H groups in total. The lowest BCUT2D eigenvalue weighted by Gasteiger charge is -2.17. The second kappa shape index (κ2) is 6.46. The number of para-hydroxylation sites is 1. The highest BCUT2D eigenvalue weighted by molar-refractivity contribution is 7.71. The fourth-order valence-corrected chi connectivity index (χ4v) is 2.94. The number of imidazole rings is 1. The quantitative estimate of drug-likeness (QED) is 0.717. The lowest BCUT2D eigenvalue weighted by Crippen LogP contribution is -2.38. The summed E-state index contributed by atoms with van der Waals surface area (Å²) in [7, 11) is 0. The van der Waals surface area contributed by atoms with Gasteiger partial charge in [-0.15, -0.1) is 0 Å². The van der Waals surface area contributed by atoms with Gasteiger partial charge in [-0.1, -0.05) is 18.2 Å². The van der Waals surface area contributed by atoms with Crippen LogP contribution in [0.1, 0.15) is 29.8 Å². The van der Waals surface area contributed by atoms with Gasteiger partial charge in [-0.3, -0.25) is 9.36 Å². The fourth-order valence-electron chi connectivity index (χ4n) is 2.67. The summed E-state index contributed by atoms with van der Waals surface area (Å²) in [5.74, 6) is 0.324. The molecule has 1 atom stereocenters. The van der Waals surface area contributed by atoms with Gasteiger partial charge in [-0.25, -0.2) is 0 Å². The molecule has 1 amide bonds. The number of nitrogens with one attached hydrogen (secondary N) is 2. The molecule has 0 saturated heterocycles. The molecule has 0 aliphatic heterocycles. The molecule has 1 saturated carbocycles. The van der Waals surface area contributed by atoms with Gasteiger partial charge in [0, 0.05) is 24.5 Å². The van der Waals surface area contributed by atoms with Crippen LogP contribution in [0.15, 0.2) is 36.5 Å². The monoisotopic (exact) mass is 317 g/mol. The average Bonchev–Trinajstić information content (AvgIpc) is 3.30. The van der Waals surface area contributed by atoms with Gasteiger partial charge in [0.15, 0.2) is 4.77 Å². The van der Waals surface area contributed by atoms with Crippen molar-refractivity contribution in [1.82, 2.24) is 14.9 Å². The van der Waals surface area contributed by atoms with Gasteiger partial charge in [-0.05, 0) is 49.5 Å². The highest BCUT2D eigenvalue weighted by Crippen LogP contribution is 2.34. The average molecular weight is 317 g/mol. The first-order valence-electron chi connectivity index (χ1n) is 7.48. The molecular formula is C16H19N3O2S. The number of H-pyrrole nitrogens is 1. The smallest absolute Gasteiger partial charge is 0.270 e. The molecule has 116 valence electrons. The summed E-state index contributed by atoms with van der Waals surface area (Å²) in [6, 6.07) is 9.59. The van der Waals surface area contributed by atoms with E-state index in [4.69, 9.17) is 17.3 Å². The first-order chi connectivity index (χ1) is 10.7.